The third-order valence-electron chi connectivity index (χ3n) is 2.58. The molecular weight excluding hydrogens is 230 g/mol. The van der Waals surface area contributed by atoms with E-state index in [2.05, 4.69) is 19.3 Å². The smallest absolute Gasteiger partial charge is 0.127 e. The molecule has 0 heterocycles. The molecule has 0 spiro atoms. The Morgan fingerprint density at radius 1 is 1.11 bits per heavy atom. The van der Waals surface area contributed by atoms with Crippen molar-refractivity contribution in [2.75, 3.05) is 20.8 Å². The maximum absolute atomic E-state index is 5.43. The quantitative estimate of drug-likeness (QED) is 0.758. The molecule has 0 aliphatic carbocycles. The van der Waals surface area contributed by atoms with E-state index in [9.17, 15) is 0 Å². The number of hydrogen-bond acceptors (Lipinski definition) is 4. The van der Waals surface area contributed by atoms with E-state index in [1.54, 1.807) is 14.2 Å². The van der Waals surface area contributed by atoms with E-state index < -0.39 is 0 Å². The van der Waals surface area contributed by atoms with Crippen molar-refractivity contribution in [3.63, 3.8) is 0 Å². The Labute approximate surface area is 109 Å². The van der Waals surface area contributed by atoms with Gasteiger partial charge in [-0.25, -0.2) is 0 Å². The first kappa shape index (κ1) is 14.8. The minimum atomic E-state index is 0.0598. The maximum Gasteiger partial charge on any atom is 0.127 e. The van der Waals surface area contributed by atoms with E-state index in [4.69, 9.17) is 14.3 Å². The number of rotatable bonds is 7. The van der Waals surface area contributed by atoms with Gasteiger partial charge in [-0.1, -0.05) is 13.8 Å². The number of benzene rings is 1. The molecule has 1 atom stereocenters. The molecule has 0 fully saturated rings. The molecule has 1 N–H and O–H groups in total. The fourth-order valence-electron chi connectivity index (χ4n) is 1.58. The molecule has 4 nitrogen and oxygen atoms in total. The molecule has 18 heavy (non-hydrogen) atoms. The lowest BCUT2D eigenvalue weighted by molar-refractivity contribution is 0.00367. The van der Waals surface area contributed by atoms with Gasteiger partial charge in [0.05, 0.1) is 26.9 Å². The number of hydrogen-bond donors (Lipinski definition) is 1. The van der Waals surface area contributed by atoms with E-state index in [0.717, 1.165) is 17.1 Å². The minimum absolute atomic E-state index is 0.0598. The Bertz CT molecular complexity index is 366. The average molecular weight is 253 g/mol. The third kappa shape index (κ3) is 4.20. The first-order chi connectivity index (χ1) is 8.58. The summed E-state index contributed by atoms with van der Waals surface area (Å²) in [6, 6.07) is 5.83. The van der Waals surface area contributed by atoms with Crippen LogP contribution >= 0.6 is 0 Å². The highest BCUT2D eigenvalue weighted by Gasteiger charge is 2.12. The third-order valence-corrected chi connectivity index (χ3v) is 2.58. The number of hydroxylamine groups is 1. The predicted molar refractivity (Wildman–Crippen MR) is 71.9 cm³/mol. The predicted octanol–water partition coefficient (Wildman–Crippen LogP) is 2.94. The van der Waals surface area contributed by atoms with Crippen LogP contribution in [0.1, 0.15) is 32.4 Å². The molecule has 4 heteroatoms. The van der Waals surface area contributed by atoms with E-state index in [1.807, 2.05) is 25.1 Å². The van der Waals surface area contributed by atoms with Gasteiger partial charge in [0.1, 0.15) is 11.5 Å². The Morgan fingerprint density at radius 3 is 2.39 bits per heavy atom. The summed E-state index contributed by atoms with van der Waals surface area (Å²) >= 11 is 0. The van der Waals surface area contributed by atoms with Gasteiger partial charge in [0, 0.05) is 11.6 Å². The maximum atomic E-state index is 5.43. The highest BCUT2D eigenvalue weighted by Crippen LogP contribution is 2.29. The van der Waals surface area contributed by atoms with Gasteiger partial charge >= 0.3 is 0 Å². The van der Waals surface area contributed by atoms with Crippen molar-refractivity contribution < 1.29 is 14.3 Å². The summed E-state index contributed by atoms with van der Waals surface area (Å²) in [7, 11) is 3.29. The van der Waals surface area contributed by atoms with Crippen LogP contribution in [0, 0.1) is 5.92 Å². The average Bonchev–Trinajstić information content (AvgIpc) is 2.37. The first-order valence-corrected chi connectivity index (χ1v) is 6.17. The molecule has 102 valence electrons. The summed E-state index contributed by atoms with van der Waals surface area (Å²) in [5, 5.41) is 0. The van der Waals surface area contributed by atoms with Gasteiger partial charge < -0.3 is 14.3 Å². The zero-order chi connectivity index (χ0) is 13.5. The van der Waals surface area contributed by atoms with E-state index in [-0.39, 0.29) is 6.04 Å². The van der Waals surface area contributed by atoms with Crippen molar-refractivity contribution in [2.24, 2.45) is 5.92 Å². The van der Waals surface area contributed by atoms with Gasteiger partial charge in [0.15, 0.2) is 0 Å². The second-order valence-electron chi connectivity index (χ2n) is 4.65. The lowest BCUT2D eigenvalue weighted by atomic mass is 10.1. The molecule has 1 unspecified atom stereocenters. The zero-order valence-corrected chi connectivity index (χ0v) is 11.8. The van der Waals surface area contributed by atoms with Crippen LogP contribution in [0.5, 0.6) is 11.5 Å². The fraction of sp³-hybridized carbons (Fsp3) is 0.571. The van der Waals surface area contributed by atoms with E-state index in [1.165, 1.54) is 0 Å². The highest BCUT2D eigenvalue weighted by molar-refractivity contribution is 5.42. The van der Waals surface area contributed by atoms with Crippen LogP contribution in [0.2, 0.25) is 0 Å². The molecule has 0 radical (unpaired) electrons. The molecule has 0 saturated heterocycles. The Kier molecular flexibility index (Phi) is 5.95. The van der Waals surface area contributed by atoms with Crippen LogP contribution in [0.3, 0.4) is 0 Å². The van der Waals surface area contributed by atoms with E-state index in [0.29, 0.717) is 12.5 Å². The monoisotopic (exact) mass is 253 g/mol. The van der Waals surface area contributed by atoms with Crippen LogP contribution in [0.4, 0.5) is 0 Å². The molecule has 0 bridgehead atoms. The van der Waals surface area contributed by atoms with Crippen molar-refractivity contribution in [1.29, 1.82) is 0 Å². The van der Waals surface area contributed by atoms with Crippen molar-refractivity contribution in [1.82, 2.24) is 5.48 Å². The summed E-state index contributed by atoms with van der Waals surface area (Å²) in [6.45, 7) is 6.94. The standard InChI is InChI=1S/C14H23NO3/c1-10(2)9-18-15-11(3)13-7-6-12(16-4)8-14(13)17-5/h6-8,10-11,15H,9H2,1-5H3. The zero-order valence-electron chi connectivity index (χ0n) is 11.8. The van der Waals surface area contributed by atoms with Gasteiger partial charge in [0.25, 0.3) is 0 Å². The minimum Gasteiger partial charge on any atom is -0.497 e. The van der Waals surface area contributed by atoms with Crippen LogP contribution in [0.25, 0.3) is 0 Å². The normalized spacial score (nSPS) is 12.6. The second kappa shape index (κ2) is 7.24. The SMILES string of the molecule is COc1ccc(C(C)NOCC(C)C)c(OC)c1. The van der Waals surface area contributed by atoms with Gasteiger partial charge in [0.2, 0.25) is 0 Å². The Morgan fingerprint density at radius 2 is 1.83 bits per heavy atom. The number of ether oxygens (including phenoxy) is 2. The van der Waals surface area contributed by atoms with Crippen molar-refractivity contribution in [3.8, 4) is 11.5 Å². The largest absolute Gasteiger partial charge is 0.497 e. The number of methoxy groups -OCH3 is 2. The summed E-state index contributed by atoms with van der Waals surface area (Å²) in [5.41, 5.74) is 4.07. The topological polar surface area (TPSA) is 39.7 Å². The highest BCUT2D eigenvalue weighted by atomic mass is 16.6. The van der Waals surface area contributed by atoms with Crippen molar-refractivity contribution >= 4 is 0 Å². The molecule has 0 aliphatic heterocycles. The van der Waals surface area contributed by atoms with Gasteiger partial charge in [-0.15, -0.1) is 0 Å². The van der Waals surface area contributed by atoms with Gasteiger partial charge in [-0.05, 0) is 25.0 Å². The molecule has 1 rings (SSSR count). The Balaban J connectivity index is 2.69. The van der Waals surface area contributed by atoms with Crippen LogP contribution in [0.15, 0.2) is 18.2 Å². The summed E-state index contributed by atoms with van der Waals surface area (Å²) in [5.74, 6) is 2.08. The van der Waals surface area contributed by atoms with Crippen LogP contribution < -0.4 is 15.0 Å². The fourth-order valence-corrected chi connectivity index (χ4v) is 1.58. The molecule has 0 aromatic heterocycles. The summed E-state index contributed by atoms with van der Waals surface area (Å²) < 4.78 is 10.5. The van der Waals surface area contributed by atoms with Crippen molar-refractivity contribution in [2.45, 2.75) is 26.8 Å². The number of nitrogens with one attached hydrogen (secondary N) is 1. The summed E-state index contributed by atoms with van der Waals surface area (Å²) in [4.78, 5) is 5.43. The van der Waals surface area contributed by atoms with Gasteiger partial charge in [-0.3, -0.25) is 0 Å². The molecule has 1 aromatic rings. The summed E-state index contributed by atoms with van der Waals surface area (Å²) in [6.07, 6.45) is 0. The molecule has 1 aromatic carbocycles. The lowest BCUT2D eigenvalue weighted by Crippen LogP contribution is -2.22. The first-order valence-electron chi connectivity index (χ1n) is 6.17. The van der Waals surface area contributed by atoms with E-state index >= 15 is 0 Å². The Hall–Kier alpha value is -1.26. The second-order valence-corrected chi connectivity index (χ2v) is 4.65. The lowest BCUT2D eigenvalue weighted by Gasteiger charge is -2.18. The molecule has 0 saturated carbocycles. The van der Waals surface area contributed by atoms with Gasteiger partial charge in [-0.2, -0.15) is 5.48 Å². The van der Waals surface area contributed by atoms with Crippen LogP contribution in [-0.4, -0.2) is 20.8 Å². The molecular formula is C14H23NO3. The molecule has 0 aliphatic rings. The molecule has 0 amide bonds. The van der Waals surface area contributed by atoms with Crippen molar-refractivity contribution in [3.05, 3.63) is 23.8 Å². The van der Waals surface area contributed by atoms with Crippen LogP contribution in [-0.2, 0) is 4.84 Å².